The summed E-state index contributed by atoms with van der Waals surface area (Å²) in [6.45, 7) is 0. The fourth-order valence-electron chi connectivity index (χ4n) is 2.07. The van der Waals surface area contributed by atoms with Gasteiger partial charge in [-0.2, -0.15) is 23.3 Å². The molecule has 2 atom stereocenters. The average Bonchev–Trinajstić information content (AvgIpc) is 2.97. The third-order valence-corrected chi connectivity index (χ3v) is 2.90. The van der Waals surface area contributed by atoms with Crippen LogP contribution < -0.4 is 5.32 Å². The van der Waals surface area contributed by atoms with Crippen LogP contribution in [0.5, 0.6) is 0 Å². The molecule has 0 aliphatic carbocycles. The van der Waals surface area contributed by atoms with Crippen molar-refractivity contribution in [3.63, 3.8) is 0 Å². The lowest BCUT2D eigenvalue weighted by molar-refractivity contribution is -0.174. The van der Waals surface area contributed by atoms with Gasteiger partial charge in [0, 0.05) is 6.42 Å². The van der Waals surface area contributed by atoms with Gasteiger partial charge in [0.15, 0.2) is 6.04 Å². The minimum atomic E-state index is -4.37. The van der Waals surface area contributed by atoms with Gasteiger partial charge in [-0.3, -0.25) is 0 Å². The highest BCUT2D eigenvalue weighted by molar-refractivity contribution is 5.32. The minimum Gasteiger partial charge on any atom is -0.467 e. The van der Waals surface area contributed by atoms with E-state index >= 15 is 0 Å². The molecule has 0 fully saturated rings. The first-order chi connectivity index (χ1) is 8.55. The largest absolute Gasteiger partial charge is 0.467 e. The van der Waals surface area contributed by atoms with E-state index < -0.39 is 18.3 Å². The summed E-state index contributed by atoms with van der Waals surface area (Å²) in [6.07, 6.45) is -2.01. The molecule has 0 unspecified atom stereocenters. The molecule has 1 N–H and O–H groups in total. The maximum Gasteiger partial charge on any atom is 0.411 e. The molecule has 5 nitrogen and oxygen atoms in total. The second kappa shape index (κ2) is 3.76. The van der Waals surface area contributed by atoms with Gasteiger partial charge in [0.05, 0.1) is 12.3 Å². The molecule has 0 radical (unpaired) electrons. The molecule has 0 bridgehead atoms. The van der Waals surface area contributed by atoms with Gasteiger partial charge in [0.2, 0.25) is 5.95 Å². The van der Waals surface area contributed by atoms with E-state index in [9.17, 15) is 13.2 Å². The third-order valence-electron chi connectivity index (χ3n) is 2.90. The van der Waals surface area contributed by atoms with E-state index in [1.807, 2.05) is 0 Å². The van der Waals surface area contributed by atoms with Crippen LogP contribution in [0, 0.1) is 0 Å². The first-order valence-corrected chi connectivity index (χ1v) is 5.32. The van der Waals surface area contributed by atoms with Crippen molar-refractivity contribution in [2.75, 3.05) is 5.32 Å². The molecule has 18 heavy (non-hydrogen) atoms. The molecule has 2 aromatic rings. The summed E-state index contributed by atoms with van der Waals surface area (Å²) >= 11 is 0. The van der Waals surface area contributed by atoms with Gasteiger partial charge in [0.1, 0.15) is 12.1 Å². The second-order valence-electron chi connectivity index (χ2n) is 4.03. The number of nitrogens with zero attached hydrogens (tertiary/aromatic N) is 3. The fraction of sp³-hybridized carbons (Fsp3) is 0.400. The summed E-state index contributed by atoms with van der Waals surface area (Å²) < 4.78 is 44.9. The topological polar surface area (TPSA) is 55.9 Å². The Hall–Kier alpha value is -1.99. The van der Waals surface area contributed by atoms with Gasteiger partial charge in [-0.25, -0.2) is 4.68 Å². The van der Waals surface area contributed by atoms with E-state index in [1.165, 1.54) is 6.26 Å². The van der Waals surface area contributed by atoms with Crippen molar-refractivity contribution in [3.8, 4) is 0 Å². The number of halogens is 3. The van der Waals surface area contributed by atoms with Crippen LogP contribution >= 0.6 is 0 Å². The van der Waals surface area contributed by atoms with E-state index in [1.54, 1.807) is 12.1 Å². The molecule has 1 aliphatic rings. The monoisotopic (exact) mass is 258 g/mol. The van der Waals surface area contributed by atoms with Crippen molar-refractivity contribution < 1.29 is 17.6 Å². The number of alkyl halides is 3. The smallest absolute Gasteiger partial charge is 0.411 e. The average molecular weight is 258 g/mol. The van der Waals surface area contributed by atoms with Crippen LogP contribution in [0.25, 0.3) is 0 Å². The highest BCUT2D eigenvalue weighted by Gasteiger charge is 2.47. The molecule has 0 saturated carbocycles. The molecule has 0 aromatic carbocycles. The summed E-state index contributed by atoms with van der Waals surface area (Å²) in [6, 6.07) is 1.03. The maximum atomic E-state index is 13.0. The molecule has 3 heterocycles. The van der Waals surface area contributed by atoms with E-state index in [0.717, 1.165) is 11.0 Å². The molecule has 1 aliphatic heterocycles. The number of anilines is 1. The molecule has 2 aromatic heterocycles. The maximum absolute atomic E-state index is 13.0. The van der Waals surface area contributed by atoms with Gasteiger partial charge < -0.3 is 9.73 Å². The first-order valence-electron chi connectivity index (χ1n) is 5.32. The zero-order valence-corrected chi connectivity index (χ0v) is 9.05. The van der Waals surface area contributed by atoms with Crippen LogP contribution in [-0.4, -0.2) is 20.9 Å². The Morgan fingerprint density at radius 2 is 2.28 bits per heavy atom. The molecular weight excluding hydrogens is 249 g/mol. The van der Waals surface area contributed by atoms with E-state index in [2.05, 4.69) is 15.4 Å². The molecule has 0 amide bonds. The van der Waals surface area contributed by atoms with E-state index in [4.69, 9.17) is 4.42 Å². The summed E-state index contributed by atoms with van der Waals surface area (Å²) in [5.41, 5.74) is 0. The predicted molar refractivity (Wildman–Crippen MR) is 54.8 cm³/mol. The Labute approximate surface area is 99.6 Å². The lowest BCUT2D eigenvalue weighted by Gasteiger charge is -2.31. The molecule has 3 rings (SSSR count). The van der Waals surface area contributed by atoms with Crippen LogP contribution in [0.4, 0.5) is 19.1 Å². The van der Waals surface area contributed by atoms with E-state index in [0.29, 0.717) is 5.76 Å². The summed E-state index contributed by atoms with van der Waals surface area (Å²) in [4.78, 5) is 3.78. The molecule has 0 spiro atoms. The normalized spacial score (nSPS) is 23.5. The van der Waals surface area contributed by atoms with Crippen LogP contribution in [0.1, 0.15) is 24.3 Å². The number of nitrogens with one attached hydrogen (secondary N) is 1. The second-order valence-corrected chi connectivity index (χ2v) is 4.03. The number of fused-ring (bicyclic) bond motifs is 1. The minimum absolute atomic E-state index is 0.102. The van der Waals surface area contributed by atoms with Crippen molar-refractivity contribution in [3.05, 3.63) is 30.5 Å². The van der Waals surface area contributed by atoms with Crippen molar-refractivity contribution in [2.45, 2.75) is 24.7 Å². The number of aromatic nitrogens is 3. The van der Waals surface area contributed by atoms with Crippen molar-refractivity contribution >= 4 is 5.95 Å². The van der Waals surface area contributed by atoms with Crippen LogP contribution in [-0.2, 0) is 0 Å². The Morgan fingerprint density at radius 3 is 2.94 bits per heavy atom. The Morgan fingerprint density at radius 1 is 1.44 bits per heavy atom. The van der Waals surface area contributed by atoms with Crippen LogP contribution in [0.15, 0.2) is 29.1 Å². The molecular formula is C10H9F3N4O. The standard InChI is InChI=1S/C10H9F3N4O/c11-10(12,13)8-4-6(7-2-1-3-18-7)16-9-14-5-15-17(8)9/h1-3,5-6,8H,4H2,(H,14,15,16)/t6-,8+/m0/s1. The van der Waals surface area contributed by atoms with Crippen LogP contribution in [0.2, 0.25) is 0 Å². The summed E-state index contributed by atoms with van der Waals surface area (Å²) in [5.74, 6) is 0.559. The number of hydrogen-bond donors (Lipinski definition) is 1. The van der Waals surface area contributed by atoms with Crippen LogP contribution in [0.3, 0.4) is 0 Å². The van der Waals surface area contributed by atoms with Crippen molar-refractivity contribution in [1.82, 2.24) is 14.8 Å². The van der Waals surface area contributed by atoms with Gasteiger partial charge in [0.25, 0.3) is 0 Å². The highest BCUT2D eigenvalue weighted by Crippen LogP contribution is 2.42. The fourth-order valence-corrected chi connectivity index (χ4v) is 2.07. The SMILES string of the molecule is FC(F)(F)[C@H]1C[C@@H](c2ccco2)Nc2ncnn21. The zero-order valence-electron chi connectivity index (χ0n) is 9.05. The van der Waals surface area contributed by atoms with Gasteiger partial charge >= 0.3 is 6.18 Å². The number of hydrogen-bond acceptors (Lipinski definition) is 4. The van der Waals surface area contributed by atoms with Crippen molar-refractivity contribution in [1.29, 1.82) is 0 Å². The summed E-state index contributed by atoms with van der Waals surface area (Å²) in [5, 5.41) is 6.49. The quantitative estimate of drug-likeness (QED) is 0.854. The first kappa shape index (κ1) is 11.1. The number of rotatable bonds is 1. The Kier molecular flexibility index (Phi) is 2.32. The molecule has 96 valence electrons. The molecule has 0 saturated heterocycles. The van der Waals surface area contributed by atoms with Gasteiger partial charge in [-0.05, 0) is 12.1 Å². The number of furan rings is 1. The van der Waals surface area contributed by atoms with Gasteiger partial charge in [-0.15, -0.1) is 0 Å². The van der Waals surface area contributed by atoms with Gasteiger partial charge in [-0.1, -0.05) is 0 Å². The zero-order chi connectivity index (χ0) is 12.8. The Bertz CT molecular complexity index is 534. The van der Waals surface area contributed by atoms with E-state index in [-0.39, 0.29) is 12.4 Å². The van der Waals surface area contributed by atoms with Crippen molar-refractivity contribution in [2.24, 2.45) is 0 Å². The summed E-state index contributed by atoms with van der Waals surface area (Å²) in [7, 11) is 0. The Balaban J connectivity index is 1.97. The third kappa shape index (κ3) is 1.73. The lowest BCUT2D eigenvalue weighted by Crippen LogP contribution is -2.35. The lowest BCUT2D eigenvalue weighted by atomic mass is 10.0. The molecule has 8 heteroatoms. The predicted octanol–water partition coefficient (Wildman–Crippen LogP) is 2.53. The highest BCUT2D eigenvalue weighted by atomic mass is 19.4.